The van der Waals surface area contributed by atoms with Gasteiger partial charge >= 0.3 is 0 Å². The summed E-state index contributed by atoms with van der Waals surface area (Å²) in [7, 11) is 0. The van der Waals surface area contributed by atoms with E-state index in [2.05, 4.69) is 13.2 Å². The van der Waals surface area contributed by atoms with Gasteiger partial charge in [-0.05, 0) is 41.5 Å². The van der Waals surface area contributed by atoms with Crippen LogP contribution in [0.5, 0.6) is 11.5 Å². The molecule has 0 fully saturated rings. The SMILES string of the molecule is C=CCOc1cccc(-c2cc(OCC=C)cc(C(O)O)c2)c1. The van der Waals surface area contributed by atoms with Crippen molar-refractivity contribution >= 4 is 0 Å². The molecule has 2 aromatic rings. The number of aliphatic hydroxyl groups excluding tert-OH is 1. The van der Waals surface area contributed by atoms with Crippen LogP contribution in [0, 0.1) is 0 Å². The van der Waals surface area contributed by atoms with E-state index in [1.54, 1.807) is 24.3 Å². The van der Waals surface area contributed by atoms with Crippen molar-refractivity contribution in [3.8, 4) is 22.6 Å². The normalized spacial score (nSPS) is 10.4. The molecule has 2 N–H and O–H groups in total. The van der Waals surface area contributed by atoms with Crippen LogP contribution in [0.4, 0.5) is 0 Å². The molecular formula is C19H20O4. The first-order valence-corrected chi connectivity index (χ1v) is 7.23. The molecule has 4 nitrogen and oxygen atoms in total. The Morgan fingerprint density at radius 2 is 1.52 bits per heavy atom. The summed E-state index contributed by atoms with van der Waals surface area (Å²) in [6, 6.07) is 12.7. The molecule has 0 aliphatic carbocycles. The van der Waals surface area contributed by atoms with Crippen LogP contribution in [0.25, 0.3) is 11.1 Å². The first-order chi connectivity index (χ1) is 11.1. The molecule has 120 valence electrons. The second kappa shape index (κ2) is 8.17. The maximum atomic E-state index is 9.46. The molecule has 0 saturated carbocycles. The molecule has 0 atom stereocenters. The summed E-state index contributed by atoms with van der Waals surface area (Å²) in [5, 5.41) is 18.9. The zero-order valence-corrected chi connectivity index (χ0v) is 12.8. The Morgan fingerprint density at radius 1 is 0.870 bits per heavy atom. The summed E-state index contributed by atoms with van der Waals surface area (Å²) in [5.74, 6) is 1.26. The van der Waals surface area contributed by atoms with Gasteiger partial charge in [0.25, 0.3) is 0 Å². The Kier molecular flexibility index (Phi) is 5.97. The van der Waals surface area contributed by atoms with Crippen LogP contribution < -0.4 is 9.47 Å². The Balaban J connectivity index is 2.38. The van der Waals surface area contributed by atoms with Crippen molar-refractivity contribution in [1.82, 2.24) is 0 Å². The van der Waals surface area contributed by atoms with Gasteiger partial charge in [0, 0.05) is 5.56 Å². The zero-order valence-electron chi connectivity index (χ0n) is 12.8. The van der Waals surface area contributed by atoms with Crippen molar-refractivity contribution in [2.24, 2.45) is 0 Å². The van der Waals surface area contributed by atoms with E-state index in [0.717, 1.165) is 11.1 Å². The fourth-order valence-corrected chi connectivity index (χ4v) is 2.10. The molecule has 0 heterocycles. The van der Waals surface area contributed by atoms with Crippen LogP contribution >= 0.6 is 0 Å². The molecular weight excluding hydrogens is 292 g/mol. The highest BCUT2D eigenvalue weighted by molar-refractivity contribution is 5.67. The smallest absolute Gasteiger partial charge is 0.178 e. The van der Waals surface area contributed by atoms with E-state index in [9.17, 15) is 10.2 Å². The van der Waals surface area contributed by atoms with Gasteiger partial charge in [-0.1, -0.05) is 37.4 Å². The standard InChI is InChI=1S/C19H20O4/c1-3-8-22-17-7-5-6-14(11-17)15-10-16(19(20)21)13-18(12-15)23-9-4-2/h3-7,10-13,19-21H,1-2,8-9H2. The number of rotatable bonds is 8. The van der Waals surface area contributed by atoms with E-state index in [0.29, 0.717) is 30.3 Å². The van der Waals surface area contributed by atoms with Gasteiger partial charge in [-0.3, -0.25) is 0 Å². The van der Waals surface area contributed by atoms with E-state index in [1.807, 2.05) is 30.3 Å². The van der Waals surface area contributed by atoms with Crippen molar-refractivity contribution in [1.29, 1.82) is 0 Å². The summed E-state index contributed by atoms with van der Waals surface area (Å²) >= 11 is 0. The summed E-state index contributed by atoms with van der Waals surface area (Å²) < 4.78 is 11.0. The highest BCUT2D eigenvalue weighted by Crippen LogP contribution is 2.30. The van der Waals surface area contributed by atoms with Gasteiger partial charge in [0.1, 0.15) is 24.7 Å². The Morgan fingerprint density at radius 3 is 2.17 bits per heavy atom. The summed E-state index contributed by atoms with van der Waals surface area (Å²) in [6.45, 7) is 7.99. The average Bonchev–Trinajstić information content (AvgIpc) is 2.58. The fourth-order valence-electron chi connectivity index (χ4n) is 2.10. The molecule has 0 unspecified atom stereocenters. The summed E-state index contributed by atoms with van der Waals surface area (Å²) in [5.41, 5.74) is 2.05. The van der Waals surface area contributed by atoms with E-state index in [4.69, 9.17) is 9.47 Å². The highest BCUT2D eigenvalue weighted by Gasteiger charge is 2.09. The summed E-state index contributed by atoms with van der Waals surface area (Å²) in [4.78, 5) is 0. The van der Waals surface area contributed by atoms with Crippen molar-refractivity contribution < 1.29 is 19.7 Å². The maximum absolute atomic E-state index is 9.46. The van der Waals surface area contributed by atoms with E-state index >= 15 is 0 Å². The molecule has 0 spiro atoms. The van der Waals surface area contributed by atoms with E-state index in [1.165, 1.54) is 0 Å². The third-order valence-corrected chi connectivity index (χ3v) is 3.13. The van der Waals surface area contributed by atoms with E-state index in [-0.39, 0.29) is 0 Å². The quantitative estimate of drug-likeness (QED) is 0.579. The third-order valence-electron chi connectivity index (χ3n) is 3.13. The minimum absolute atomic E-state index is 0.340. The lowest BCUT2D eigenvalue weighted by Gasteiger charge is -2.12. The Labute approximate surface area is 135 Å². The first kappa shape index (κ1) is 16.8. The molecule has 0 saturated heterocycles. The number of benzene rings is 2. The van der Waals surface area contributed by atoms with Crippen LogP contribution in [0.2, 0.25) is 0 Å². The molecule has 0 aliphatic heterocycles. The van der Waals surface area contributed by atoms with Crippen LogP contribution in [-0.2, 0) is 0 Å². The lowest BCUT2D eigenvalue weighted by atomic mass is 10.0. The zero-order chi connectivity index (χ0) is 16.7. The number of hydrogen-bond acceptors (Lipinski definition) is 4. The number of ether oxygens (including phenoxy) is 2. The molecule has 2 aromatic carbocycles. The lowest BCUT2D eigenvalue weighted by molar-refractivity contribution is -0.0425. The van der Waals surface area contributed by atoms with Gasteiger partial charge in [0.05, 0.1) is 0 Å². The molecule has 2 rings (SSSR count). The minimum atomic E-state index is -1.57. The van der Waals surface area contributed by atoms with Crippen LogP contribution in [0.15, 0.2) is 67.8 Å². The van der Waals surface area contributed by atoms with Gasteiger partial charge in [-0.2, -0.15) is 0 Å². The lowest BCUT2D eigenvalue weighted by Crippen LogP contribution is -1.99. The number of aliphatic hydroxyl groups is 2. The van der Waals surface area contributed by atoms with Crippen molar-refractivity contribution in [2.45, 2.75) is 6.29 Å². The molecule has 0 radical (unpaired) electrons. The fraction of sp³-hybridized carbons (Fsp3) is 0.158. The molecule has 4 heteroatoms. The Hall–Kier alpha value is -2.56. The van der Waals surface area contributed by atoms with Gasteiger partial charge in [0.2, 0.25) is 0 Å². The Bertz CT molecular complexity index is 677. The largest absolute Gasteiger partial charge is 0.490 e. The maximum Gasteiger partial charge on any atom is 0.178 e. The molecule has 23 heavy (non-hydrogen) atoms. The van der Waals surface area contributed by atoms with Gasteiger partial charge in [-0.25, -0.2) is 0 Å². The van der Waals surface area contributed by atoms with Crippen LogP contribution in [0.3, 0.4) is 0 Å². The van der Waals surface area contributed by atoms with Gasteiger partial charge < -0.3 is 19.7 Å². The average molecular weight is 312 g/mol. The molecule has 0 aliphatic rings. The summed E-state index contributed by atoms with van der Waals surface area (Å²) in [6.07, 6.45) is 1.74. The van der Waals surface area contributed by atoms with E-state index < -0.39 is 6.29 Å². The van der Waals surface area contributed by atoms with Crippen molar-refractivity contribution in [3.05, 3.63) is 73.3 Å². The number of hydrogen-bond donors (Lipinski definition) is 2. The van der Waals surface area contributed by atoms with Crippen molar-refractivity contribution in [3.63, 3.8) is 0 Å². The second-order valence-electron chi connectivity index (χ2n) is 4.89. The third kappa shape index (κ3) is 4.71. The molecule has 0 bridgehead atoms. The predicted octanol–water partition coefficient (Wildman–Crippen LogP) is 3.47. The minimum Gasteiger partial charge on any atom is -0.490 e. The van der Waals surface area contributed by atoms with Gasteiger partial charge in [0.15, 0.2) is 6.29 Å². The molecule has 0 aromatic heterocycles. The second-order valence-corrected chi connectivity index (χ2v) is 4.89. The highest BCUT2D eigenvalue weighted by atomic mass is 16.5. The molecule has 0 amide bonds. The monoisotopic (exact) mass is 312 g/mol. The van der Waals surface area contributed by atoms with Crippen LogP contribution in [-0.4, -0.2) is 23.4 Å². The topological polar surface area (TPSA) is 58.9 Å². The van der Waals surface area contributed by atoms with Crippen molar-refractivity contribution in [2.75, 3.05) is 13.2 Å². The predicted molar refractivity (Wildman–Crippen MR) is 90.4 cm³/mol. The van der Waals surface area contributed by atoms with Gasteiger partial charge in [-0.15, -0.1) is 0 Å². The first-order valence-electron chi connectivity index (χ1n) is 7.23. The van der Waals surface area contributed by atoms with Crippen LogP contribution in [0.1, 0.15) is 11.9 Å².